The van der Waals surface area contributed by atoms with Gasteiger partial charge in [-0.1, -0.05) is 5.11 Å². The molecule has 5 nitrogen and oxygen atoms in total. The molecule has 0 bridgehead atoms. The fourth-order valence-corrected chi connectivity index (χ4v) is 1.33. The van der Waals surface area contributed by atoms with Crippen molar-refractivity contribution in [1.82, 2.24) is 4.90 Å². The third kappa shape index (κ3) is 1.89. The summed E-state index contributed by atoms with van der Waals surface area (Å²) in [6.45, 7) is 3.24. The summed E-state index contributed by atoms with van der Waals surface area (Å²) in [4.78, 5) is 15.8. The van der Waals surface area contributed by atoms with Crippen LogP contribution < -0.4 is 0 Å². The number of carbonyl (C=O) groups is 1. The Morgan fingerprint density at radius 1 is 1.58 bits per heavy atom. The first kappa shape index (κ1) is 8.87. The zero-order chi connectivity index (χ0) is 8.97. The molecule has 0 aromatic carbocycles. The molecule has 1 unspecified atom stereocenters. The van der Waals surface area contributed by atoms with Gasteiger partial charge in [-0.2, -0.15) is 0 Å². The molecule has 1 aliphatic rings. The topological polar surface area (TPSA) is 69.1 Å². The van der Waals surface area contributed by atoms with Crippen LogP contribution in [0.4, 0.5) is 0 Å². The zero-order valence-electron chi connectivity index (χ0n) is 7.10. The summed E-state index contributed by atoms with van der Waals surface area (Å²) >= 11 is 0. The predicted molar refractivity (Wildman–Crippen MR) is 44.4 cm³/mol. The fourth-order valence-electron chi connectivity index (χ4n) is 1.33. The molecule has 12 heavy (non-hydrogen) atoms. The summed E-state index contributed by atoms with van der Waals surface area (Å²) in [6.07, 6.45) is 2.13. The van der Waals surface area contributed by atoms with Crippen molar-refractivity contribution in [3.63, 3.8) is 0 Å². The van der Waals surface area contributed by atoms with Crippen LogP contribution in [0.3, 0.4) is 0 Å². The molecule has 66 valence electrons. The second kappa shape index (κ2) is 3.97. The number of rotatable bonds is 2. The summed E-state index contributed by atoms with van der Waals surface area (Å²) in [5.74, 6) is -0.0506. The van der Waals surface area contributed by atoms with E-state index in [1.54, 1.807) is 11.8 Å². The summed E-state index contributed by atoms with van der Waals surface area (Å²) in [6, 6.07) is -0.548. The highest BCUT2D eigenvalue weighted by Crippen LogP contribution is 2.10. The van der Waals surface area contributed by atoms with Gasteiger partial charge in [-0.15, -0.1) is 0 Å². The van der Waals surface area contributed by atoms with E-state index in [4.69, 9.17) is 5.53 Å². The van der Waals surface area contributed by atoms with Crippen LogP contribution in [0.2, 0.25) is 0 Å². The van der Waals surface area contributed by atoms with Crippen molar-refractivity contribution in [1.29, 1.82) is 0 Å². The van der Waals surface area contributed by atoms with E-state index in [-0.39, 0.29) is 5.91 Å². The number of carbonyl (C=O) groups excluding carboxylic acids is 1. The number of hydrogen-bond donors (Lipinski definition) is 0. The van der Waals surface area contributed by atoms with Gasteiger partial charge >= 0.3 is 0 Å². The smallest absolute Gasteiger partial charge is 0.231 e. The molecule has 0 aromatic heterocycles. The van der Waals surface area contributed by atoms with E-state index in [2.05, 4.69) is 10.0 Å². The molecule has 1 rings (SSSR count). The van der Waals surface area contributed by atoms with Crippen LogP contribution in [-0.2, 0) is 4.79 Å². The van der Waals surface area contributed by atoms with E-state index in [9.17, 15) is 4.79 Å². The molecule has 0 spiro atoms. The average Bonchev–Trinajstić information content (AvgIpc) is 2.55. The number of likely N-dealkylation sites (tertiary alicyclic amines) is 1. The molecule has 1 aliphatic heterocycles. The lowest BCUT2D eigenvalue weighted by Crippen LogP contribution is -2.34. The van der Waals surface area contributed by atoms with Crippen molar-refractivity contribution in [3.8, 4) is 0 Å². The van der Waals surface area contributed by atoms with E-state index in [1.165, 1.54) is 0 Å². The van der Waals surface area contributed by atoms with Crippen LogP contribution in [0.1, 0.15) is 19.8 Å². The van der Waals surface area contributed by atoms with E-state index >= 15 is 0 Å². The van der Waals surface area contributed by atoms with Gasteiger partial charge in [0.1, 0.15) is 6.04 Å². The van der Waals surface area contributed by atoms with Gasteiger partial charge in [0.25, 0.3) is 0 Å². The van der Waals surface area contributed by atoms with Crippen LogP contribution in [0, 0.1) is 0 Å². The lowest BCUT2D eigenvalue weighted by molar-refractivity contribution is -0.131. The minimum absolute atomic E-state index is 0.0506. The third-order valence-corrected chi connectivity index (χ3v) is 2.00. The Labute approximate surface area is 71.0 Å². The highest BCUT2D eigenvalue weighted by Gasteiger charge is 2.21. The van der Waals surface area contributed by atoms with Crippen LogP contribution in [-0.4, -0.2) is 29.9 Å². The average molecular weight is 168 g/mol. The van der Waals surface area contributed by atoms with E-state index in [1.807, 2.05) is 0 Å². The molecule has 5 heteroatoms. The normalized spacial score (nSPS) is 18.6. The molecule has 1 saturated heterocycles. The van der Waals surface area contributed by atoms with Crippen molar-refractivity contribution in [2.75, 3.05) is 13.1 Å². The molecular formula is C7H12N4O. The minimum atomic E-state index is -0.548. The summed E-state index contributed by atoms with van der Waals surface area (Å²) < 4.78 is 0. The maximum atomic E-state index is 11.4. The first-order valence-electron chi connectivity index (χ1n) is 4.08. The summed E-state index contributed by atoms with van der Waals surface area (Å²) in [7, 11) is 0. The van der Waals surface area contributed by atoms with Gasteiger partial charge in [-0.05, 0) is 25.3 Å². The quantitative estimate of drug-likeness (QED) is 0.348. The lowest BCUT2D eigenvalue weighted by atomic mass is 10.3. The third-order valence-electron chi connectivity index (χ3n) is 2.00. The van der Waals surface area contributed by atoms with Crippen molar-refractivity contribution in [2.24, 2.45) is 5.11 Å². The van der Waals surface area contributed by atoms with Crippen LogP contribution in [0.15, 0.2) is 5.11 Å². The monoisotopic (exact) mass is 168 g/mol. The second-order valence-corrected chi connectivity index (χ2v) is 2.91. The maximum absolute atomic E-state index is 11.4. The molecule has 1 fully saturated rings. The molecule has 0 saturated carbocycles. The minimum Gasteiger partial charge on any atom is -0.342 e. The van der Waals surface area contributed by atoms with Crippen molar-refractivity contribution in [3.05, 3.63) is 10.4 Å². The van der Waals surface area contributed by atoms with Gasteiger partial charge in [0.15, 0.2) is 0 Å². The SMILES string of the molecule is CC(N=[N+]=[N-])C(=O)N1CCCC1. The van der Waals surface area contributed by atoms with Gasteiger partial charge in [-0.3, -0.25) is 4.79 Å². The summed E-state index contributed by atoms with van der Waals surface area (Å²) in [5.41, 5.74) is 8.12. The van der Waals surface area contributed by atoms with Crippen molar-refractivity contribution < 1.29 is 4.79 Å². The van der Waals surface area contributed by atoms with E-state index in [0.717, 1.165) is 25.9 Å². The molecular weight excluding hydrogens is 156 g/mol. The Bertz CT molecular complexity index is 215. The Morgan fingerprint density at radius 3 is 2.67 bits per heavy atom. The second-order valence-electron chi connectivity index (χ2n) is 2.91. The molecule has 0 radical (unpaired) electrons. The largest absolute Gasteiger partial charge is 0.342 e. The van der Waals surface area contributed by atoms with Gasteiger partial charge in [0.2, 0.25) is 5.91 Å². The van der Waals surface area contributed by atoms with E-state index < -0.39 is 6.04 Å². The predicted octanol–water partition coefficient (Wildman–Crippen LogP) is 1.31. The Balaban J connectivity index is 2.50. The molecule has 0 aromatic rings. The standard InChI is InChI=1S/C7H12N4O/c1-6(9-10-8)7(12)11-4-2-3-5-11/h6H,2-5H2,1H3. The Kier molecular flexibility index (Phi) is 2.94. The van der Waals surface area contributed by atoms with Crippen molar-refractivity contribution >= 4 is 5.91 Å². The zero-order valence-corrected chi connectivity index (χ0v) is 7.10. The van der Waals surface area contributed by atoms with Crippen molar-refractivity contribution in [2.45, 2.75) is 25.8 Å². The number of amides is 1. The molecule has 0 N–H and O–H groups in total. The van der Waals surface area contributed by atoms with Crippen LogP contribution in [0.25, 0.3) is 10.4 Å². The Morgan fingerprint density at radius 2 is 2.17 bits per heavy atom. The van der Waals surface area contributed by atoms with Gasteiger partial charge < -0.3 is 4.90 Å². The lowest BCUT2D eigenvalue weighted by Gasteiger charge is -2.16. The highest BCUT2D eigenvalue weighted by atomic mass is 16.2. The van der Waals surface area contributed by atoms with E-state index in [0.29, 0.717) is 0 Å². The van der Waals surface area contributed by atoms with Gasteiger partial charge in [0, 0.05) is 18.0 Å². The molecule has 0 aliphatic carbocycles. The van der Waals surface area contributed by atoms with Crippen LogP contribution >= 0.6 is 0 Å². The van der Waals surface area contributed by atoms with Crippen LogP contribution in [0.5, 0.6) is 0 Å². The van der Waals surface area contributed by atoms with Gasteiger partial charge in [0.05, 0.1) is 0 Å². The molecule has 1 heterocycles. The number of azide groups is 1. The first-order valence-corrected chi connectivity index (χ1v) is 4.08. The molecule has 1 amide bonds. The first-order chi connectivity index (χ1) is 5.75. The highest BCUT2D eigenvalue weighted by molar-refractivity contribution is 5.81. The Hall–Kier alpha value is -1.22. The fraction of sp³-hybridized carbons (Fsp3) is 0.857. The number of hydrogen-bond acceptors (Lipinski definition) is 2. The maximum Gasteiger partial charge on any atom is 0.231 e. The number of nitrogens with zero attached hydrogens (tertiary/aromatic N) is 4. The van der Waals surface area contributed by atoms with Gasteiger partial charge in [-0.25, -0.2) is 0 Å². The molecule has 1 atom stereocenters. The summed E-state index contributed by atoms with van der Waals surface area (Å²) in [5, 5.41) is 3.36.